The second-order valence-corrected chi connectivity index (χ2v) is 8.27. The molecule has 1 atom stereocenters. The Kier molecular flexibility index (Phi) is 5.17. The number of aromatic amines is 1. The third-order valence-electron chi connectivity index (χ3n) is 5.81. The van der Waals surface area contributed by atoms with Crippen molar-refractivity contribution in [3.63, 3.8) is 0 Å². The number of aromatic nitrogens is 2. The summed E-state index contributed by atoms with van der Waals surface area (Å²) in [7, 11) is 0. The number of nitrogens with one attached hydrogen (secondary N) is 1. The van der Waals surface area contributed by atoms with E-state index in [0.717, 1.165) is 47.0 Å². The maximum absolute atomic E-state index is 12.8. The van der Waals surface area contributed by atoms with E-state index >= 15 is 0 Å². The summed E-state index contributed by atoms with van der Waals surface area (Å²) in [6, 6.07) is 6.25. The standard InChI is InChI=1S/C23H25N5O2/c1-14(2)20(11-24)23(30)27-9-7-17(15(3)12-27)19-10-21(28(13-29)16-4-5-16)26-22-18(19)6-8-25-22/h6-8,10,13,15-16H,4-5,9,12H2,1-3H3,(H,25,26)/t15-/m1/s1. The number of carbonyl (C=O) groups is 2. The number of allylic oxidation sites excluding steroid dienone is 1. The van der Waals surface area contributed by atoms with E-state index in [0.29, 0.717) is 18.9 Å². The molecule has 1 saturated carbocycles. The van der Waals surface area contributed by atoms with E-state index in [-0.39, 0.29) is 23.4 Å². The van der Waals surface area contributed by atoms with E-state index < -0.39 is 0 Å². The van der Waals surface area contributed by atoms with Crippen LogP contribution in [0.3, 0.4) is 0 Å². The predicted octanol–water partition coefficient (Wildman–Crippen LogP) is 3.41. The summed E-state index contributed by atoms with van der Waals surface area (Å²) in [5.41, 5.74) is 3.85. The highest BCUT2D eigenvalue weighted by atomic mass is 16.2. The Morgan fingerprint density at radius 2 is 2.17 bits per heavy atom. The zero-order valence-electron chi connectivity index (χ0n) is 17.5. The Balaban J connectivity index is 1.70. The number of pyridine rings is 1. The second kappa shape index (κ2) is 7.79. The normalized spacial score (nSPS) is 18.5. The molecule has 0 radical (unpaired) electrons. The molecule has 154 valence electrons. The van der Waals surface area contributed by atoms with Crippen LogP contribution in [0.2, 0.25) is 0 Å². The van der Waals surface area contributed by atoms with Crippen molar-refractivity contribution in [1.29, 1.82) is 5.26 Å². The fourth-order valence-electron chi connectivity index (χ4n) is 4.06. The molecule has 1 aliphatic heterocycles. The summed E-state index contributed by atoms with van der Waals surface area (Å²) < 4.78 is 0. The fraction of sp³-hybridized carbons (Fsp3) is 0.391. The van der Waals surface area contributed by atoms with Crippen LogP contribution in [0, 0.1) is 17.2 Å². The molecule has 1 N–H and O–H groups in total. The Morgan fingerprint density at radius 1 is 1.40 bits per heavy atom. The molecule has 2 aliphatic rings. The van der Waals surface area contributed by atoms with Crippen LogP contribution in [0.4, 0.5) is 5.82 Å². The van der Waals surface area contributed by atoms with Crippen molar-refractivity contribution in [2.75, 3.05) is 18.0 Å². The first-order valence-electron chi connectivity index (χ1n) is 10.2. The van der Waals surface area contributed by atoms with Gasteiger partial charge in [0.2, 0.25) is 6.41 Å². The first kappa shape index (κ1) is 19.9. The molecular formula is C23H25N5O2. The minimum Gasteiger partial charge on any atom is -0.346 e. The van der Waals surface area contributed by atoms with Gasteiger partial charge in [0.25, 0.3) is 5.91 Å². The van der Waals surface area contributed by atoms with Gasteiger partial charge in [0.1, 0.15) is 23.1 Å². The molecule has 0 aromatic carbocycles. The highest BCUT2D eigenvalue weighted by Gasteiger charge is 2.32. The molecule has 2 aromatic rings. The number of rotatable bonds is 5. The van der Waals surface area contributed by atoms with Gasteiger partial charge in [-0.15, -0.1) is 0 Å². The number of carbonyl (C=O) groups excluding carboxylic acids is 2. The minimum absolute atomic E-state index is 0.0822. The predicted molar refractivity (Wildman–Crippen MR) is 115 cm³/mol. The number of anilines is 1. The Hall–Kier alpha value is -3.40. The molecule has 0 spiro atoms. The van der Waals surface area contributed by atoms with Crippen molar-refractivity contribution < 1.29 is 9.59 Å². The van der Waals surface area contributed by atoms with Gasteiger partial charge in [-0.3, -0.25) is 14.5 Å². The summed E-state index contributed by atoms with van der Waals surface area (Å²) in [5, 5.41) is 10.3. The van der Waals surface area contributed by atoms with Gasteiger partial charge in [-0.05, 0) is 55.9 Å². The zero-order chi connectivity index (χ0) is 21.4. The minimum atomic E-state index is -0.220. The van der Waals surface area contributed by atoms with Crippen molar-refractivity contribution in [2.24, 2.45) is 5.92 Å². The number of amides is 2. The number of fused-ring (bicyclic) bond motifs is 1. The highest BCUT2D eigenvalue weighted by molar-refractivity contribution is 5.99. The quantitative estimate of drug-likeness (QED) is 0.470. The second-order valence-electron chi connectivity index (χ2n) is 8.27. The van der Waals surface area contributed by atoms with Gasteiger partial charge < -0.3 is 9.88 Å². The highest BCUT2D eigenvalue weighted by Crippen LogP contribution is 2.36. The van der Waals surface area contributed by atoms with Gasteiger partial charge in [0.15, 0.2) is 0 Å². The number of nitriles is 1. The SMILES string of the molecule is CC(C)=C(C#N)C(=O)N1CC=C(c2cc(N(C=O)C3CC3)nc3[nH]ccc23)[C@H](C)C1. The van der Waals surface area contributed by atoms with Crippen LogP contribution >= 0.6 is 0 Å². The van der Waals surface area contributed by atoms with Crippen LogP contribution in [0.15, 0.2) is 35.6 Å². The van der Waals surface area contributed by atoms with Crippen LogP contribution in [0.1, 0.15) is 39.2 Å². The lowest BCUT2D eigenvalue weighted by atomic mass is 9.89. The number of H-pyrrole nitrogens is 1. The van der Waals surface area contributed by atoms with E-state index in [1.165, 1.54) is 0 Å². The van der Waals surface area contributed by atoms with Crippen molar-refractivity contribution in [3.05, 3.63) is 41.1 Å². The molecular weight excluding hydrogens is 378 g/mol. The van der Waals surface area contributed by atoms with E-state index in [4.69, 9.17) is 0 Å². The summed E-state index contributed by atoms with van der Waals surface area (Å²) in [5.74, 6) is 0.516. The molecule has 1 aliphatic carbocycles. The summed E-state index contributed by atoms with van der Waals surface area (Å²) in [6.45, 7) is 6.62. The van der Waals surface area contributed by atoms with E-state index in [1.54, 1.807) is 23.6 Å². The molecule has 3 heterocycles. The first-order valence-corrected chi connectivity index (χ1v) is 10.2. The average molecular weight is 403 g/mol. The topological polar surface area (TPSA) is 93.1 Å². The largest absolute Gasteiger partial charge is 0.346 e. The van der Waals surface area contributed by atoms with Crippen molar-refractivity contribution >= 4 is 34.7 Å². The van der Waals surface area contributed by atoms with Gasteiger partial charge >= 0.3 is 0 Å². The monoisotopic (exact) mass is 403 g/mol. The first-order chi connectivity index (χ1) is 14.4. The van der Waals surface area contributed by atoms with Crippen molar-refractivity contribution in [1.82, 2.24) is 14.9 Å². The lowest BCUT2D eigenvalue weighted by molar-refractivity contribution is -0.126. The van der Waals surface area contributed by atoms with E-state index in [9.17, 15) is 14.9 Å². The smallest absolute Gasteiger partial charge is 0.264 e. The van der Waals surface area contributed by atoms with E-state index in [1.807, 2.05) is 24.4 Å². The molecule has 7 nitrogen and oxygen atoms in total. The molecule has 30 heavy (non-hydrogen) atoms. The number of hydrogen-bond acceptors (Lipinski definition) is 4. The fourth-order valence-corrected chi connectivity index (χ4v) is 4.06. The lowest BCUT2D eigenvalue weighted by Gasteiger charge is -2.32. The Morgan fingerprint density at radius 3 is 2.77 bits per heavy atom. The Labute approximate surface area is 175 Å². The lowest BCUT2D eigenvalue weighted by Crippen LogP contribution is -2.39. The van der Waals surface area contributed by atoms with Crippen LogP contribution in [-0.2, 0) is 9.59 Å². The molecule has 0 unspecified atom stereocenters. The molecule has 2 aromatic heterocycles. The molecule has 4 rings (SSSR count). The molecule has 2 amide bonds. The van der Waals surface area contributed by atoms with Crippen LogP contribution in [-0.4, -0.2) is 46.3 Å². The summed E-state index contributed by atoms with van der Waals surface area (Å²) in [6.07, 6.45) is 6.77. The third kappa shape index (κ3) is 3.50. The van der Waals surface area contributed by atoms with Gasteiger partial charge in [0.05, 0.1) is 0 Å². The molecule has 7 heteroatoms. The molecule has 0 bridgehead atoms. The summed E-state index contributed by atoms with van der Waals surface area (Å²) in [4.78, 5) is 35.7. The van der Waals surface area contributed by atoms with Gasteiger partial charge in [0, 0.05) is 30.7 Å². The number of nitrogens with zero attached hydrogens (tertiary/aromatic N) is 4. The summed E-state index contributed by atoms with van der Waals surface area (Å²) >= 11 is 0. The number of hydrogen-bond donors (Lipinski definition) is 1. The van der Waals surface area contributed by atoms with Crippen LogP contribution in [0.25, 0.3) is 16.6 Å². The Bertz CT molecular complexity index is 1110. The van der Waals surface area contributed by atoms with Crippen molar-refractivity contribution in [2.45, 2.75) is 39.7 Å². The van der Waals surface area contributed by atoms with Gasteiger partial charge in [-0.25, -0.2) is 4.98 Å². The van der Waals surface area contributed by atoms with Gasteiger partial charge in [-0.2, -0.15) is 5.26 Å². The maximum atomic E-state index is 12.8. The van der Waals surface area contributed by atoms with Gasteiger partial charge in [-0.1, -0.05) is 18.6 Å². The van der Waals surface area contributed by atoms with E-state index in [2.05, 4.69) is 23.0 Å². The van der Waals surface area contributed by atoms with Crippen molar-refractivity contribution in [3.8, 4) is 6.07 Å². The third-order valence-corrected chi connectivity index (χ3v) is 5.81. The van der Waals surface area contributed by atoms with Crippen LogP contribution < -0.4 is 4.90 Å². The molecule has 1 fully saturated rings. The molecule has 0 saturated heterocycles. The average Bonchev–Trinajstić information content (AvgIpc) is 3.44. The zero-order valence-corrected chi connectivity index (χ0v) is 17.5. The van der Waals surface area contributed by atoms with Crippen LogP contribution in [0.5, 0.6) is 0 Å². The maximum Gasteiger partial charge on any atom is 0.264 e.